The maximum absolute atomic E-state index is 5.33. The summed E-state index contributed by atoms with van der Waals surface area (Å²) in [6.45, 7) is 3.34. The lowest BCUT2D eigenvalue weighted by atomic mass is 10.4. The molecule has 1 aliphatic heterocycles. The lowest BCUT2D eigenvalue weighted by molar-refractivity contribution is 0.110. The fraction of sp³-hybridized carbons (Fsp3) is 0.778. The van der Waals surface area contributed by atoms with E-state index in [-0.39, 0.29) is 0 Å². The van der Waals surface area contributed by atoms with Crippen LogP contribution in [0.2, 0.25) is 0 Å². The molecule has 0 unspecified atom stereocenters. The molecule has 2 aliphatic rings. The summed E-state index contributed by atoms with van der Waals surface area (Å²) < 4.78 is 8.11. The largest absolute Gasteiger partial charge is 0.378 e. The van der Waals surface area contributed by atoms with Crippen molar-refractivity contribution in [3.63, 3.8) is 0 Å². The molecule has 5 nitrogen and oxygen atoms in total. The molecule has 0 aromatic carbocycles. The van der Waals surface area contributed by atoms with Gasteiger partial charge in [-0.15, -0.1) is 0 Å². The van der Waals surface area contributed by atoms with E-state index in [0.717, 1.165) is 32.1 Å². The number of H-pyrrole nitrogens is 1. The number of rotatable bonds is 2. The predicted molar refractivity (Wildman–Crippen MR) is 58.2 cm³/mol. The Balaban J connectivity index is 1.93. The van der Waals surface area contributed by atoms with Gasteiger partial charge in [0.05, 0.1) is 26.3 Å². The Kier molecular flexibility index (Phi) is 2.25. The molecule has 0 bridgehead atoms. The smallest absolute Gasteiger partial charge is 0.214 e. The molecule has 1 aromatic rings. The summed E-state index contributed by atoms with van der Waals surface area (Å²) in [5, 5.41) is 9.43. The highest BCUT2D eigenvalue weighted by atomic mass is 32.1. The van der Waals surface area contributed by atoms with Crippen LogP contribution >= 0.6 is 12.2 Å². The van der Waals surface area contributed by atoms with Crippen LogP contribution in [0.4, 0.5) is 0 Å². The highest BCUT2D eigenvalue weighted by Gasteiger charge is 2.31. The zero-order valence-electron chi connectivity index (χ0n) is 8.48. The Morgan fingerprint density at radius 2 is 2.07 bits per heavy atom. The van der Waals surface area contributed by atoms with Crippen LogP contribution in [0.3, 0.4) is 0 Å². The number of morpholine rings is 1. The van der Waals surface area contributed by atoms with Gasteiger partial charge in [0.1, 0.15) is 0 Å². The van der Waals surface area contributed by atoms with Crippen LogP contribution in [0.15, 0.2) is 0 Å². The summed E-state index contributed by atoms with van der Waals surface area (Å²) in [5.41, 5.74) is 0. The minimum absolute atomic E-state index is 0.612. The molecule has 0 spiro atoms. The van der Waals surface area contributed by atoms with E-state index in [1.165, 1.54) is 12.8 Å². The molecule has 2 fully saturated rings. The number of aromatic nitrogens is 3. The van der Waals surface area contributed by atoms with Gasteiger partial charge in [0.2, 0.25) is 4.77 Å². The third kappa shape index (κ3) is 1.68. The number of ether oxygens (including phenoxy) is 1. The molecular formula is C9H14N4OS. The number of hydrogen-bond acceptors (Lipinski definition) is 4. The maximum atomic E-state index is 5.33. The second kappa shape index (κ2) is 3.61. The minimum Gasteiger partial charge on any atom is -0.378 e. The topological polar surface area (TPSA) is 46.1 Å². The van der Waals surface area contributed by atoms with Crippen molar-refractivity contribution in [2.24, 2.45) is 0 Å². The highest BCUT2D eigenvalue weighted by Crippen LogP contribution is 2.38. The Morgan fingerprint density at radius 3 is 2.73 bits per heavy atom. The van der Waals surface area contributed by atoms with E-state index in [9.17, 15) is 0 Å². The second-order valence-corrected chi connectivity index (χ2v) is 4.43. The molecule has 3 rings (SSSR count). The second-order valence-electron chi connectivity index (χ2n) is 4.04. The van der Waals surface area contributed by atoms with Gasteiger partial charge in [-0.25, -0.2) is 4.68 Å². The first-order chi connectivity index (χ1) is 7.36. The van der Waals surface area contributed by atoms with Crippen molar-refractivity contribution in [2.75, 3.05) is 31.3 Å². The van der Waals surface area contributed by atoms with Crippen LogP contribution in [0.5, 0.6) is 0 Å². The lowest BCUT2D eigenvalue weighted by Crippen LogP contribution is -2.44. The number of aromatic amines is 1. The molecule has 1 N–H and O–H groups in total. The van der Waals surface area contributed by atoms with Crippen LogP contribution in [-0.4, -0.2) is 41.2 Å². The summed E-state index contributed by atoms with van der Waals surface area (Å²) >= 11 is 5.26. The quantitative estimate of drug-likeness (QED) is 0.757. The third-order valence-corrected chi connectivity index (χ3v) is 3.15. The van der Waals surface area contributed by atoms with E-state index < -0.39 is 0 Å². The van der Waals surface area contributed by atoms with Gasteiger partial charge in [-0.3, -0.25) is 5.10 Å². The van der Waals surface area contributed by atoms with Crippen molar-refractivity contribution in [2.45, 2.75) is 18.8 Å². The normalized spacial score (nSPS) is 22.0. The van der Waals surface area contributed by atoms with Crippen molar-refractivity contribution < 1.29 is 4.74 Å². The van der Waals surface area contributed by atoms with E-state index in [2.05, 4.69) is 19.9 Å². The van der Waals surface area contributed by atoms with Gasteiger partial charge in [0, 0.05) is 5.92 Å². The van der Waals surface area contributed by atoms with Gasteiger partial charge in [0.15, 0.2) is 5.82 Å². The van der Waals surface area contributed by atoms with Gasteiger partial charge in [-0.05, 0) is 25.1 Å². The van der Waals surface area contributed by atoms with Gasteiger partial charge < -0.3 is 9.75 Å². The highest BCUT2D eigenvalue weighted by molar-refractivity contribution is 7.71. The zero-order chi connectivity index (χ0) is 10.3. The summed E-state index contributed by atoms with van der Waals surface area (Å²) in [4.78, 5) is 0. The molecule has 1 saturated heterocycles. The van der Waals surface area contributed by atoms with Crippen LogP contribution in [-0.2, 0) is 4.74 Å². The fourth-order valence-electron chi connectivity index (χ4n) is 1.94. The van der Waals surface area contributed by atoms with Crippen molar-refractivity contribution >= 4 is 12.2 Å². The third-order valence-electron chi connectivity index (χ3n) is 2.89. The number of nitrogens with zero attached hydrogens (tertiary/aromatic N) is 3. The first-order valence-electron chi connectivity index (χ1n) is 5.36. The molecule has 1 aliphatic carbocycles. The first-order valence-corrected chi connectivity index (χ1v) is 5.77. The van der Waals surface area contributed by atoms with E-state index in [1.807, 2.05) is 0 Å². The van der Waals surface area contributed by atoms with E-state index >= 15 is 0 Å². The Bertz CT molecular complexity index is 402. The van der Waals surface area contributed by atoms with E-state index in [0.29, 0.717) is 10.7 Å². The van der Waals surface area contributed by atoms with Crippen molar-refractivity contribution in [1.82, 2.24) is 14.9 Å². The molecule has 6 heteroatoms. The monoisotopic (exact) mass is 226 g/mol. The van der Waals surface area contributed by atoms with Gasteiger partial charge >= 0.3 is 0 Å². The molecule has 2 heterocycles. The van der Waals surface area contributed by atoms with Crippen LogP contribution in [0.25, 0.3) is 0 Å². The number of nitrogens with one attached hydrogen (secondary N) is 1. The predicted octanol–water partition coefficient (Wildman–Crippen LogP) is 0.786. The van der Waals surface area contributed by atoms with Crippen LogP contribution in [0.1, 0.15) is 24.6 Å². The molecule has 82 valence electrons. The van der Waals surface area contributed by atoms with Gasteiger partial charge in [-0.1, -0.05) is 0 Å². The lowest BCUT2D eigenvalue weighted by Gasteiger charge is -2.30. The van der Waals surface area contributed by atoms with Crippen LogP contribution < -0.4 is 5.01 Å². The molecule has 15 heavy (non-hydrogen) atoms. The van der Waals surface area contributed by atoms with E-state index in [1.54, 1.807) is 0 Å². The number of hydrogen-bond donors (Lipinski definition) is 1. The average molecular weight is 226 g/mol. The van der Waals surface area contributed by atoms with Crippen molar-refractivity contribution in [1.29, 1.82) is 0 Å². The Hall–Kier alpha value is -0.880. The molecule has 1 saturated carbocycles. The maximum Gasteiger partial charge on any atom is 0.214 e. The molecule has 1 aromatic heterocycles. The first kappa shape index (κ1) is 9.35. The Labute approximate surface area is 93.0 Å². The molecule has 0 atom stereocenters. The summed E-state index contributed by atoms with van der Waals surface area (Å²) in [5.74, 6) is 1.71. The average Bonchev–Trinajstić information content (AvgIpc) is 3.04. The SMILES string of the molecule is S=c1[nH]nc(C2CC2)n1N1CCOCC1. The fourth-order valence-corrected chi connectivity index (χ4v) is 2.19. The minimum atomic E-state index is 0.612. The summed E-state index contributed by atoms with van der Waals surface area (Å²) in [6.07, 6.45) is 2.48. The summed E-state index contributed by atoms with van der Waals surface area (Å²) in [7, 11) is 0. The van der Waals surface area contributed by atoms with Crippen molar-refractivity contribution in [3.8, 4) is 0 Å². The molecular weight excluding hydrogens is 212 g/mol. The Morgan fingerprint density at radius 1 is 1.33 bits per heavy atom. The van der Waals surface area contributed by atoms with Gasteiger partial charge in [0.25, 0.3) is 0 Å². The molecule has 0 amide bonds. The van der Waals surface area contributed by atoms with Crippen molar-refractivity contribution in [3.05, 3.63) is 10.6 Å². The van der Waals surface area contributed by atoms with Crippen LogP contribution in [0, 0.1) is 4.77 Å². The summed E-state index contributed by atoms with van der Waals surface area (Å²) in [6, 6.07) is 0. The zero-order valence-corrected chi connectivity index (χ0v) is 9.29. The van der Waals surface area contributed by atoms with Gasteiger partial charge in [-0.2, -0.15) is 5.10 Å². The van der Waals surface area contributed by atoms with E-state index in [4.69, 9.17) is 17.0 Å². The standard InChI is InChI=1S/C9H14N4OS/c15-9-11-10-8(7-1-2-7)13(9)12-3-5-14-6-4-12/h7H,1-6H2,(H,11,15). The molecule has 0 radical (unpaired) electrons.